The van der Waals surface area contributed by atoms with Crippen molar-refractivity contribution in [1.82, 2.24) is 4.90 Å². The van der Waals surface area contributed by atoms with Gasteiger partial charge in [0.1, 0.15) is 0 Å². The quantitative estimate of drug-likeness (QED) is 0.926. The lowest BCUT2D eigenvalue weighted by Crippen LogP contribution is -2.53. The summed E-state index contributed by atoms with van der Waals surface area (Å²) in [5, 5.41) is 10.8. The van der Waals surface area contributed by atoms with Crippen LogP contribution in [0.4, 0.5) is 0 Å². The topological polar surface area (TPSA) is 41.9 Å². The number of nitrogens with zero attached hydrogens (tertiary/aromatic N) is 1. The largest absolute Gasteiger partial charge is 0.493 e. The van der Waals surface area contributed by atoms with Crippen molar-refractivity contribution >= 4 is 0 Å². The first kappa shape index (κ1) is 16.6. The third-order valence-corrected chi connectivity index (χ3v) is 5.75. The van der Waals surface area contributed by atoms with Gasteiger partial charge in [-0.2, -0.15) is 0 Å². The third-order valence-electron chi connectivity index (χ3n) is 5.75. The minimum atomic E-state index is -0.401. The Morgan fingerprint density at radius 3 is 2.65 bits per heavy atom. The van der Waals surface area contributed by atoms with Gasteiger partial charge in [0.15, 0.2) is 11.5 Å². The number of piperidine rings is 1. The first-order valence-electron chi connectivity index (χ1n) is 8.72. The summed E-state index contributed by atoms with van der Waals surface area (Å²) in [7, 11) is 3.35. The van der Waals surface area contributed by atoms with Gasteiger partial charge in [0, 0.05) is 25.6 Å². The number of rotatable bonds is 4. The van der Waals surface area contributed by atoms with E-state index in [0.717, 1.165) is 50.4 Å². The number of ether oxygens (including phenoxy) is 2. The van der Waals surface area contributed by atoms with E-state index in [9.17, 15) is 5.11 Å². The van der Waals surface area contributed by atoms with Crippen molar-refractivity contribution in [2.24, 2.45) is 5.92 Å². The number of aliphatic hydroxyl groups is 1. The summed E-state index contributed by atoms with van der Waals surface area (Å²) in [6, 6.07) is 4.14. The molecule has 128 valence electrons. The van der Waals surface area contributed by atoms with Crippen molar-refractivity contribution in [2.75, 3.05) is 27.3 Å². The van der Waals surface area contributed by atoms with Crippen LogP contribution in [0.3, 0.4) is 0 Å². The maximum absolute atomic E-state index is 10.8. The lowest BCUT2D eigenvalue weighted by atomic mass is 9.71. The van der Waals surface area contributed by atoms with Gasteiger partial charge in [-0.15, -0.1) is 0 Å². The molecule has 2 unspecified atom stereocenters. The highest BCUT2D eigenvalue weighted by Gasteiger charge is 2.42. The number of fused-ring (bicyclic) bond motifs is 1. The molecule has 2 atom stereocenters. The normalized spacial score (nSPS) is 28.3. The van der Waals surface area contributed by atoms with Crippen molar-refractivity contribution in [3.05, 3.63) is 23.3 Å². The molecule has 4 nitrogen and oxygen atoms in total. The Labute approximate surface area is 139 Å². The molecule has 4 heteroatoms. The Bertz CT molecular complexity index is 560. The molecule has 0 spiro atoms. The first-order chi connectivity index (χ1) is 11.1. The number of aryl methyl sites for hydroxylation is 1. The molecule has 0 aromatic heterocycles. The average Bonchev–Trinajstić information content (AvgIpc) is 2.56. The Morgan fingerprint density at radius 1 is 1.17 bits per heavy atom. The van der Waals surface area contributed by atoms with Crippen molar-refractivity contribution in [2.45, 2.75) is 51.2 Å². The first-order valence-corrected chi connectivity index (χ1v) is 8.72. The second-order valence-electron chi connectivity index (χ2n) is 7.17. The van der Waals surface area contributed by atoms with Crippen LogP contribution in [-0.4, -0.2) is 42.9 Å². The van der Waals surface area contributed by atoms with Gasteiger partial charge in [-0.25, -0.2) is 0 Å². The summed E-state index contributed by atoms with van der Waals surface area (Å²) in [6.07, 6.45) is 5.50. The molecule has 0 amide bonds. The maximum Gasteiger partial charge on any atom is 0.161 e. The molecule has 1 heterocycles. The molecular formula is C19H29NO3. The van der Waals surface area contributed by atoms with Crippen LogP contribution in [0.5, 0.6) is 11.5 Å². The highest BCUT2D eigenvalue weighted by atomic mass is 16.5. The zero-order chi connectivity index (χ0) is 16.4. The highest BCUT2D eigenvalue weighted by molar-refractivity contribution is 5.47. The number of benzene rings is 1. The zero-order valence-corrected chi connectivity index (χ0v) is 14.6. The number of hydrogen-bond acceptors (Lipinski definition) is 4. The molecule has 2 aliphatic rings. The summed E-state index contributed by atoms with van der Waals surface area (Å²) >= 11 is 0. The fourth-order valence-electron chi connectivity index (χ4n) is 4.22. The zero-order valence-electron chi connectivity index (χ0n) is 14.6. The molecule has 1 N–H and O–H groups in total. The van der Waals surface area contributed by atoms with Crippen LogP contribution in [-0.2, 0) is 6.54 Å². The van der Waals surface area contributed by atoms with Gasteiger partial charge in [0.25, 0.3) is 0 Å². The fourth-order valence-corrected chi connectivity index (χ4v) is 4.22. The Balaban J connectivity index is 1.73. The van der Waals surface area contributed by atoms with Gasteiger partial charge in [-0.05, 0) is 49.4 Å². The van der Waals surface area contributed by atoms with Crippen molar-refractivity contribution in [1.29, 1.82) is 0 Å². The number of likely N-dealkylation sites (tertiary alicyclic amines) is 1. The molecule has 2 fully saturated rings. The smallest absolute Gasteiger partial charge is 0.161 e. The van der Waals surface area contributed by atoms with Crippen molar-refractivity contribution in [3.8, 4) is 11.5 Å². The number of hydrogen-bond donors (Lipinski definition) is 1. The molecule has 1 aromatic rings. The van der Waals surface area contributed by atoms with Gasteiger partial charge < -0.3 is 14.6 Å². The van der Waals surface area contributed by atoms with Gasteiger partial charge >= 0.3 is 0 Å². The van der Waals surface area contributed by atoms with Crippen LogP contribution < -0.4 is 9.47 Å². The molecule has 3 rings (SSSR count). The molecule has 0 bridgehead atoms. The number of methoxy groups -OCH3 is 2. The summed E-state index contributed by atoms with van der Waals surface area (Å²) in [5.41, 5.74) is 2.11. The van der Waals surface area contributed by atoms with E-state index < -0.39 is 5.60 Å². The van der Waals surface area contributed by atoms with Crippen LogP contribution in [0.1, 0.15) is 43.2 Å². The van der Waals surface area contributed by atoms with E-state index in [1.807, 2.05) is 0 Å². The Hall–Kier alpha value is -1.26. The highest BCUT2D eigenvalue weighted by Crippen LogP contribution is 2.40. The van der Waals surface area contributed by atoms with E-state index in [1.54, 1.807) is 14.2 Å². The van der Waals surface area contributed by atoms with Crippen LogP contribution in [0.15, 0.2) is 12.1 Å². The van der Waals surface area contributed by atoms with E-state index in [0.29, 0.717) is 5.92 Å². The van der Waals surface area contributed by atoms with Crippen LogP contribution in [0.25, 0.3) is 0 Å². The van der Waals surface area contributed by atoms with E-state index in [4.69, 9.17) is 9.47 Å². The van der Waals surface area contributed by atoms with E-state index in [1.165, 1.54) is 24.0 Å². The van der Waals surface area contributed by atoms with E-state index in [2.05, 4.69) is 24.0 Å². The van der Waals surface area contributed by atoms with Crippen molar-refractivity contribution < 1.29 is 14.6 Å². The maximum atomic E-state index is 10.8. The molecule has 1 aliphatic carbocycles. The summed E-state index contributed by atoms with van der Waals surface area (Å²) in [5.74, 6) is 2.01. The van der Waals surface area contributed by atoms with E-state index >= 15 is 0 Å². The second kappa shape index (κ2) is 6.70. The minimum absolute atomic E-state index is 0.401. The van der Waals surface area contributed by atoms with Gasteiger partial charge in [0.2, 0.25) is 0 Å². The lowest BCUT2D eigenvalue weighted by molar-refractivity contribution is -0.0968. The lowest BCUT2D eigenvalue weighted by Gasteiger charge is -2.47. The Morgan fingerprint density at radius 2 is 1.91 bits per heavy atom. The third kappa shape index (κ3) is 3.33. The van der Waals surface area contributed by atoms with Crippen LogP contribution in [0.2, 0.25) is 0 Å². The summed E-state index contributed by atoms with van der Waals surface area (Å²) in [4.78, 5) is 2.48. The SMILES string of the molecule is COc1cc(C)c(CN2CCC3(O)CCCCC3C2)cc1OC. The average molecular weight is 319 g/mol. The molecule has 1 saturated carbocycles. The van der Waals surface area contributed by atoms with E-state index in [-0.39, 0.29) is 0 Å². The molecule has 1 aromatic carbocycles. The van der Waals surface area contributed by atoms with Crippen LogP contribution in [0, 0.1) is 12.8 Å². The molecular weight excluding hydrogens is 290 g/mol. The molecule has 1 saturated heterocycles. The predicted molar refractivity (Wildman–Crippen MR) is 91.1 cm³/mol. The fraction of sp³-hybridized carbons (Fsp3) is 0.684. The summed E-state index contributed by atoms with van der Waals surface area (Å²) in [6.45, 7) is 5.02. The standard InChI is InChI=1S/C19H29NO3/c1-14-10-17(22-2)18(23-3)11-15(14)12-20-9-8-19(21)7-5-4-6-16(19)13-20/h10-11,16,21H,4-9,12-13H2,1-3H3. The van der Waals surface area contributed by atoms with Gasteiger partial charge in [-0.3, -0.25) is 4.90 Å². The van der Waals surface area contributed by atoms with Gasteiger partial charge in [0.05, 0.1) is 19.8 Å². The molecule has 23 heavy (non-hydrogen) atoms. The van der Waals surface area contributed by atoms with Gasteiger partial charge in [-0.1, -0.05) is 12.8 Å². The molecule has 0 radical (unpaired) electrons. The monoisotopic (exact) mass is 319 g/mol. The Kier molecular flexibility index (Phi) is 4.83. The van der Waals surface area contributed by atoms with Crippen molar-refractivity contribution in [3.63, 3.8) is 0 Å². The predicted octanol–water partition coefficient (Wildman–Crippen LogP) is 3.14. The van der Waals surface area contributed by atoms with Crippen LogP contribution >= 0.6 is 0 Å². The second-order valence-corrected chi connectivity index (χ2v) is 7.17. The summed E-state index contributed by atoms with van der Waals surface area (Å²) < 4.78 is 10.8. The molecule has 1 aliphatic heterocycles. The minimum Gasteiger partial charge on any atom is -0.493 e.